The molecule has 2 rings (SSSR count). The molecule has 0 aliphatic rings. The van der Waals surface area contributed by atoms with E-state index in [0.717, 1.165) is 17.5 Å². The molecular formula is C20H32Cl3N3O4. The third kappa shape index (κ3) is 8.53. The molecule has 1 atom stereocenters. The van der Waals surface area contributed by atoms with Crippen molar-refractivity contribution in [2.45, 2.75) is 19.4 Å². The summed E-state index contributed by atoms with van der Waals surface area (Å²) in [7, 11) is 3.23. The largest absolute Gasteiger partial charge is 0.493 e. The number of anilines is 2. The SMILES string of the molecule is COc1ccc(CCNCC(O)COc2ccc(C)c(N)c2N)cc1OC.Cl.Cl.Cl. The molecule has 0 heterocycles. The van der Waals surface area contributed by atoms with Gasteiger partial charge in [0.05, 0.1) is 25.6 Å². The summed E-state index contributed by atoms with van der Waals surface area (Å²) in [6.45, 7) is 3.14. The highest BCUT2D eigenvalue weighted by molar-refractivity contribution is 5.86. The summed E-state index contributed by atoms with van der Waals surface area (Å²) in [6.07, 6.45) is 0.146. The number of hydrogen-bond acceptors (Lipinski definition) is 7. The molecule has 0 bridgehead atoms. The highest BCUT2D eigenvalue weighted by Gasteiger charge is 2.10. The van der Waals surface area contributed by atoms with Crippen molar-refractivity contribution >= 4 is 48.6 Å². The van der Waals surface area contributed by atoms with Gasteiger partial charge >= 0.3 is 0 Å². The molecule has 0 radical (unpaired) electrons. The number of nitrogens with two attached hydrogens (primary N) is 2. The van der Waals surface area contributed by atoms with Gasteiger partial charge in [0.2, 0.25) is 0 Å². The van der Waals surface area contributed by atoms with Crippen LogP contribution in [0.5, 0.6) is 17.2 Å². The van der Waals surface area contributed by atoms with Crippen LogP contribution in [0.25, 0.3) is 0 Å². The van der Waals surface area contributed by atoms with Gasteiger partial charge in [-0.15, -0.1) is 37.2 Å². The lowest BCUT2D eigenvalue weighted by Gasteiger charge is -2.16. The van der Waals surface area contributed by atoms with Gasteiger partial charge in [0.25, 0.3) is 0 Å². The van der Waals surface area contributed by atoms with Crippen molar-refractivity contribution in [3.05, 3.63) is 41.5 Å². The van der Waals surface area contributed by atoms with Crippen LogP contribution in [0.4, 0.5) is 11.4 Å². The van der Waals surface area contributed by atoms with E-state index >= 15 is 0 Å². The standard InChI is InChI=1S/C20H29N3O4.3ClH/c1-13-4-6-17(20(22)19(13)21)27-12-15(24)11-23-9-8-14-5-7-16(25-2)18(10-14)26-3;;;/h4-7,10,15,23-24H,8-9,11-12,21-22H2,1-3H3;3*1H. The second-order valence-corrected chi connectivity index (χ2v) is 6.32. The molecule has 10 heteroatoms. The van der Waals surface area contributed by atoms with E-state index in [0.29, 0.717) is 41.7 Å². The van der Waals surface area contributed by atoms with Crippen LogP contribution < -0.4 is 31.0 Å². The van der Waals surface area contributed by atoms with Gasteiger partial charge in [-0.25, -0.2) is 0 Å². The first-order valence-electron chi connectivity index (χ1n) is 8.83. The average molecular weight is 485 g/mol. The van der Waals surface area contributed by atoms with Crippen LogP contribution in [0.1, 0.15) is 11.1 Å². The topological polar surface area (TPSA) is 112 Å². The fourth-order valence-corrected chi connectivity index (χ4v) is 2.63. The van der Waals surface area contributed by atoms with E-state index in [-0.39, 0.29) is 43.8 Å². The zero-order valence-electron chi connectivity index (χ0n) is 17.3. The van der Waals surface area contributed by atoms with Crippen LogP contribution in [-0.2, 0) is 6.42 Å². The van der Waals surface area contributed by atoms with Gasteiger partial charge in [0, 0.05) is 6.54 Å². The first-order chi connectivity index (χ1) is 13.0. The van der Waals surface area contributed by atoms with Crippen molar-refractivity contribution in [3.8, 4) is 17.2 Å². The Morgan fingerprint density at radius 3 is 2.20 bits per heavy atom. The van der Waals surface area contributed by atoms with Crippen LogP contribution in [0.3, 0.4) is 0 Å². The Labute approximate surface area is 196 Å². The van der Waals surface area contributed by atoms with Crippen LogP contribution in [0, 0.1) is 6.92 Å². The Kier molecular flexibility index (Phi) is 15.3. The number of aliphatic hydroxyl groups is 1. The van der Waals surface area contributed by atoms with Gasteiger partial charge in [-0.05, 0) is 49.2 Å². The summed E-state index contributed by atoms with van der Waals surface area (Å²) in [5.41, 5.74) is 14.8. The lowest BCUT2D eigenvalue weighted by molar-refractivity contribution is 0.107. The number of methoxy groups -OCH3 is 2. The minimum absolute atomic E-state index is 0. The molecular weight excluding hydrogens is 453 g/mol. The van der Waals surface area contributed by atoms with Crippen LogP contribution in [0.15, 0.2) is 30.3 Å². The third-order valence-corrected chi connectivity index (χ3v) is 4.31. The molecule has 0 fully saturated rings. The Bertz CT molecular complexity index is 766. The molecule has 2 aromatic rings. The first kappa shape index (κ1) is 30.4. The maximum atomic E-state index is 10.1. The number of rotatable bonds is 10. The first-order valence-corrected chi connectivity index (χ1v) is 8.83. The summed E-state index contributed by atoms with van der Waals surface area (Å²) in [6, 6.07) is 9.43. The monoisotopic (exact) mass is 483 g/mol. The van der Waals surface area contributed by atoms with E-state index in [1.165, 1.54) is 0 Å². The molecule has 0 amide bonds. The lowest BCUT2D eigenvalue weighted by Crippen LogP contribution is -2.32. The average Bonchev–Trinajstić information content (AvgIpc) is 2.68. The second-order valence-electron chi connectivity index (χ2n) is 6.32. The minimum Gasteiger partial charge on any atom is -0.493 e. The van der Waals surface area contributed by atoms with Crippen molar-refractivity contribution in [1.29, 1.82) is 0 Å². The van der Waals surface area contributed by atoms with Gasteiger partial charge < -0.3 is 36.1 Å². The van der Waals surface area contributed by atoms with Crippen molar-refractivity contribution < 1.29 is 19.3 Å². The molecule has 7 nitrogen and oxygen atoms in total. The van der Waals surface area contributed by atoms with Crippen LogP contribution >= 0.6 is 37.2 Å². The second kappa shape index (κ2) is 15.1. The maximum absolute atomic E-state index is 10.1. The summed E-state index contributed by atoms with van der Waals surface area (Å²) in [5, 5.41) is 13.3. The number of benzene rings is 2. The Balaban J connectivity index is 0. The zero-order valence-corrected chi connectivity index (χ0v) is 19.8. The summed E-state index contributed by atoms with van der Waals surface area (Å²) in [4.78, 5) is 0. The van der Waals surface area contributed by atoms with E-state index in [1.54, 1.807) is 20.3 Å². The molecule has 0 aliphatic heterocycles. The highest BCUT2D eigenvalue weighted by atomic mass is 35.5. The van der Waals surface area contributed by atoms with Gasteiger partial charge in [0.1, 0.15) is 18.5 Å². The van der Waals surface area contributed by atoms with E-state index < -0.39 is 6.10 Å². The number of aryl methyl sites for hydroxylation is 1. The van der Waals surface area contributed by atoms with Crippen LogP contribution in [-0.4, -0.2) is 45.1 Å². The van der Waals surface area contributed by atoms with Gasteiger partial charge in [0.15, 0.2) is 11.5 Å². The molecule has 0 spiro atoms. The lowest BCUT2D eigenvalue weighted by atomic mass is 10.1. The summed E-state index contributed by atoms with van der Waals surface area (Å²) in [5.74, 6) is 1.90. The number of nitrogens with one attached hydrogen (secondary N) is 1. The quantitative estimate of drug-likeness (QED) is 0.303. The fraction of sp³-hybridized carbons (Fsp3) is 0.400. The van der Waals surface area contributed by atoms with E-state index in [2.05, 4.69) is 5.32 Å². The van der Waals surface area contributed by atoms with Crippen molar-refractivity contribution in [2.75, 3.05) is 45.4 Å². The van der Waals surface area contributed by atoms with E-state index in [4.69, 9.17) is 25.7 Å². The molecule has 0 saturated heterocycles. The number of aliphatic hydroxyl groups excluding tert-OH is 1. The molecule has 30 heavy (non-hydrogen) atoms. The molecule has 6 N–H and O–H groups in total. The van der Waals surface area contributed by atoms with Gasteiger partial charge in [-0.1, -0.05) is 12.1 Å². The number of ether oxygens (including phenoxy) is 3. The molecule has 2 aromatic carbocycles. The zero-order chi connectivity index (χ0) is 19.8. The normalized spacial score (nSPS) is 10.7. The van der Waals surface area contributed by atoms with Crippen molar-refractivity contribution in [1.82, 2.24) is 5.32 Å². The summed E-state index contributed by atoms with van der Waals surface area (Å²) >= 11 is 0. The summed E-state index contributed by atoms with van der Waals surface area (Å²) < 4.78 is 16.1. The third-order valence-electron chi connectivity index (χ3n) is 4.31. The van der Waals surface area contributed by atoms with Gasteiger partial charge in [-0.3, -0.25) is 0 Å². The molecule has 0 aromatic heterocycles. The Morgan fingerprint density at radius 1 is 0.933 bits per heavy atom. The van der Waals surface area contributed by atoms with Crippen molar-refractivity contribution in [3.63, 3.8) is 0 Å². The fourth-order valence-electron chi connectivity index (χ4n) is 2.63. The Morgan fingerprint density at radius 2 is 1.57 bits per heavy atom. The number of nitrogen functional groups attached to an aromatic ring is 2. The smallest absolute Gasteiger partial charge is 0.160 e. The van der Waals surface area contributed by atoms with E-state index in [9.17, 15) is 5.11 Å². The van der Waals surface area contributed by atoms with Crippen LogP contribution in [0.2, 0.25) is 0 Å². The predicted octanol–water partition coefficient (Wildman–Crippen LogP) is 3.01. The highest BCUT2D eigenvalue weighted by Crippen LogP contribution is 2.30. The van der Waals surface area contributed by atoms with E-state index in [1.807, 2.05) is 31.2 Å². The number of halogens is 3. The molecule has 172 valence electrons. The minimum atomic E-state index is -0.655. The molecule has 0 aliphatic carbocycles. The predicted molar refractivity (Wildman–Crippen MR) is 129 cm³/mol. The number of hydrogen-bond donors (Lipinski definition) is 4. The van der Waals surface area contributed by atoms with Crippen molar-refractivity contribution in [2.24, 2.45) is 0 Å². The maximum Gasteiger partial charge on any atom is 0.160 e. The molecule has 0 saturated carbocycles. The van der Waals surface area contributed by atoms with Gasteiger partial charge in [-0.2, -0.15) is 0 Å². The Hall–Kier alpha value is -1.77. The molecule has 1 unspecified atom stereocenters.